The second kappa shape index (κ2) is 42.3. The number of carbonyl (C=O) groups is 4. The second-order valence-electron chi connectivity index (χ2n) is 23.9. The predicted molar refractivity (Wildman–Crippen MR) is 386 cm³/mol. The van der Waals surface area contributed by atoms with Crippen molar-refractivity contribution in [2.45, 2.75) is 79.1 Å². The van der Waals surface area contributed by atoms with E-state index >= 15 is 0 Å². The molecule has 4 aromatic carbocycles. The average Bonchev–Trinajstić information content (AvgIpc) is 1.28. The first-order chi connectivity index (χ1) is 49.8. The van der Waals surface area contributed by atoms with Crippen LogP contribution >= 0.6 is 0 Å². The number of hydrogen-bond acceptors (Lipinski definition) is 17. The smallest absolute Gasteiger partial charge is 0.314 e. The number of Topliss-reactive ketones (excluding diaryl/α,β-unsaturated/α-hetero) is 2. The fourth-order valence-corrected chi connectivity index (χ4v) is 11.2. The maximum absolute atomic E-state index is 14.1. The molecule has 102 heavy (non-hydrogen) atoms. The van der Waals surface area contributed by atoms with Gasteiger partial charge in [0.05, 0.1) is 151 Å². The fraction of sp³-hybridized carbons (Fsp3) is 0.403. The highest BCUT2D eigenvalue weighted by Crippen LogP contribution is 2.31. The first-order valence-electron chi connectivity index (χ1n) is 34.5. The van der Waals surface area contributed by atoms with Gasteiger partial charge >= 0.3 is 6.03 Å². The van der Waals surface area contributed by atoms with Crippen LogP contribution in [0.15, 0.2) is 143 Å². The Kier molecular flexibility index (Phi) is 32.2. The van der Waals surface area contributed by atoms with Gasteiger partial charge < -0.3 is 53.8 Å². The largest absolute Gasteiger partial charge is 0.379 e. The van der Waals surface area contributed by atoms with Crippen molar-refractivity contribution in [2.75, 3.05) is 125 Å². The second-order valence-corrected chi connectivity index (χ2v) is 23.9. The predicted octanol–water partition coefficient (Wildman–Crippen LogP) is 10.1. The molecule has 0 aliphatic heterocycles. The molecular weight excluding hydrogens is 1300 g/mol. The fourth-order valence-electron chi connectivity index (χ4n) is 11.2. The number of hydrogen-bond donors (Lipinski definition) is 3. The number of aromatic nitrogens is 6. The number of ether oxygens (including phenoxy) is 8. The van der Waals surface area contributed by atoms with E-state index in [1.54, 1.807) is 79.4 Å². The van der Waals surface area contributed by atoms with Crippen LogP contribution in [0, 0.1) is 45.6 Å². The number of urea groups is 1. The number of carbonyl (C=O) groups excluding carboxylic acids is 4. The van der Waals surface area contributed by atoms with Crippen LogP contribution in [0.3, 0.4) is 0 Å². The third-order valence-corrected chi connectivity index (χ3v) is 16.4. The minimum atomic E-state index is -0.540. The molecule has 0 aliphatic rings. The van der Waals surface area contributed by atoms with Gasteiger partial charge in [0, 0.05) is 86.0 Å². The summed E-state index contributed by atoms with van der Waals surface area (Å²) < 4.78 is 51.6. The van der Waals surface area contributed by atoms with Crippen molar-refractivity contribution >= 4 is 29.2 Å². The van der Waals surface area contributed by atoms with Crippen molar-refractivity contribution in [3.63, 3.8) is 0 Å². The standard InChI is InChI=1S/C77H91N11O14/c1-56-13-9-15-64(51-56)85-58(3)67(71-28-31-84-88(71)63-26-22-61(79-5)23-27-63)53-69(75(85)92)73(90)19-12-36-96-40-44-100-48-50-102-46-42-98-38-34-82-77(94)81-30-8-6-7-17-66(89)18-11-35-95-39-43-99-47-49-101-45-41-97-37-33-80-74(91)70-54-68(59(4)86(76(70)93)65-16-10-14-57(2)52-65)72-29-32-83-87(72)62-24-20-60(55-78)21-25-62/h9-10,13-16,20-29,31-32,51-54H,6-8,11-12,17-19,30,33-50H2,1-4H3,(H,80,91)(H2,81,82,94). The molecule has 0 saturated heterocycles. The normalized spacial score (nSPS) is 11.2. The molecule has 3 amide bonds. The molecule has 0 bridgehead atoms. The average molecular weight is 1390 g/mol. The monoisotopic (exact) mass is 1390 g/mol. The van der Waals surface area contributed by atoms with Crippen LogP contribution < -0.4 is 27.1 Å². The summed E-state index contributed by atoms with van der Waals surface area (Å²) in [6.07, 6.45) is 7.73. The summed E-state index contributed by atoms with van der Waals surface area (Å²) >= 11 is 0. The highest BCUT2D eigenvalue weighted by Gasteiger charge is 2.24. The van der Waals surface area contributed by atoms with Gasteiger partial charge in [-0.3, -0.25) is 33.1 Å². The zero-order chi connectivity index (χ0) is 72.3. The van der Waals surface area contributed by atoms with Crippen molar-refractivity contribution in [2.24, 2.45) is 0 Å². The maximum atomic E-state index is 14.1. The highest BCUT2D eigenvalue weighted by atomic mass is 16.6. The van der Waals surface area contributed by atoms with Crippen LogP contribution in [-0.2, 0) is 42.7 Å². The van der Waals surface area contributed by atoms with Crippen molar-refractivity contribution in [1.82, 2.24) is 44.6 Å². The molecular formula is C77H91N11O14. The summed E-state index contributed by atoms with van der Waals surface area (Å²) in [5.41, 5.74) is 8.81. The molecule has 25 heteroatoms. The Morgan fingerprint density at radius 1 is 0.461 bits per heavy atom. The Hall–Kier alpha value is -10.1. The van der Waals surface area contributed by atoms with E-state index < -0.39 is 17.0 Å². The van der Waals surface area contributed by atoms with Gasteiger partial charge in [0.2, 0.25) is 0 Å². The summed E-state index contributed by atoms with van der Waals surface area (Å²) in [6, 6.07) is 37.9. The van der Waals surface area contributed by atoms with Crippen LogP contribution in [0.1, 0.15) is 100 Å². The number of unbranched alkanes of at least 4 members (excludes halogenated alkanes) is 2. The van der Waals surface area contributed by atoms with Crippen LogP contribution in [0.5, 0.6) is 0 Å². The third-order valence-electron chi connectivity index (χ3n) is 16.4. The summed E-state index contributed by atoms with van der Waals surface area (Å²) in [7, 11) is 0. The van der Waals surface area contributed by atoms with E-state index in [1.165, 1.54) is 0 Å². The molecule has 4 heterocycles. The molecule has 0 saturated carbocycles. The Bertz CT molecular complexity index is 3960. The van der Waals surface area contributed by atoms with Crippen LogP contribution in [0.25, 0.3) is 50.1 Å². The lowest BCUT2D eigenvalue weighted by Crippen LogP contribution is -2.37. The molecule has 0 atom stereocenters. The molecule has 538 valence electrons. The molecule has 8 aromatic rings. The Morgan fingerprint density at radius 2 is 0.892 bits per heavy atom. The molecule has 0 radical (unpaired) electrons. The van der Waals surface area contributed by atoms with Crippen LogP contribution in [0.2, 0.25) is 0 Å². The van der Waals surface area contributed by atoms with Crippen molar-refractivity contribution in [3.8, 4) is 51.3 Å². The van der Waals surface area contributed by atoms with E-state index in [2.05, 4.69) is 37.1 Å². The number of amides is 3. The van der Waals surface area contributed by atoms with Gasteiger partial charge in [-0.05, 0) is 149 Å². The number of benzene rings is 4. The van der Waals surface area contributed by atoms with Crippen molar-refractivity contribution in [3.05, 3.63) is 205 Å². The van der Waals surface area contributed by atoms with Gasteiger partial charge in [-0.2, -0.15) is 15.5 Å². The van der Waals surface area contributed by atoms with E-state index in [0.29, 0.717) is 200 Å². The van der Waals surface area contributed by atoms with E-state index in [0.717, 1.165) is 36.1 Å². The van der Waals surface area contributed by atoms with E-state index in [-0.39, 0.29) is 48.3 Å². The Balaban J connectivity index is 0.564. The topological polar surface area (TPSA) is 286 Å². The number of nitrogens with zero attached hydrogens (tertiary/aromatic N) is 8. The number of nitriles is 1. The highest BCUT2D eigenvalue weighted by molar-refractivity contribution is 5.97. The first kappa shape index (κ1) is 77.7. The lowest BCUT2D eigenvalue weighted by Gasteiger charge is -2.18. The van der Waals surface area contributed by atoms with Gasteiger partial charge in [-0.15, -0.1) is 0 Å². The van der Waals surface area contributed by atoms with Gasteiger partial charge in [-0.1, -0.05) is 42.8 Å². The summed E-state index contributed by atoms with van der Waals surface area (Å²) in [6.45, 7) is 21.5. The summed E-state index contributed by atoms with van der Waals surface area (Å²) in [5.74, 6) is -0.644. The number of ketones is 2. The molecule has 0 fully saturated rings. The lowest BCUT2D eigenvalue weighted by molar-refractivity contribution is -0.119. The lowest BCUT2D eigenvalue weighted by atomic mass is 10.0. The quantitative estimate of drug-likeness (QED) is 0.0182. The Labute approximate surface area is 594 Å². The first-order valence-corrected chi connectivity index (χ1v) is 34.5. The molecule has 25 nitrogen and oxygen atoms in total. The van der Waals surface area contributed by atoms with Gasteiger partial charge in [-0.25, -0.2) is 19.0 Å². The number of nitrogens with one attached hydrogen (secondary N) is 3. The SMILES string of the molecule is [C-]#[N+]c1ccc(-n2nccc2-c2cc(C(=O)CCCOCCOCCOCCOCCNC(=O)NCCCCCC(=O)CCCOCCOCCOCCOCCNC(=O)c3cc(-c4ccnn4-c4ccc(C#N)cc4)c(C)n(-c4cccc(C)c4)c3=O)c(=O)n(-c3cccc(C)c3)c2C)cc1. The summed E-state index contributed by atoms with van der Waals surface area (Å²) in [4.78, 5) is 83.5. The maximum Gasteiger partial charge on any atom is 0.314 e. The van der Waals surface area contributed by atoms with Crippen LogP contribution in [0.4, 0.5) is 10.5 Å². The number of aryl methyl sites for hydroxylation is 2. The van der Waals surface area contributed by atoms with Crippen molar-refractivity contribution in [1.29, 1.82) is 5.26 Å². The molecule has 0 unspecified atom stereocenters. The molecule has 8 rings (SSSR count). The Morgan fingerprint density at radius 3 is 1.38 bits per heavy atom. The number of pyridine rings is 2. The van der Waals surface area contributed by atoms with Crippen LogP contribution in [-0.4, -0.2) is 178 Å². The van der Waals surface area contributed by atoms with E-state index in [4.69, 9.17) is 44.5 Å². The molecule has 3 N–H and O–H groups in total. The summed E-state index contributed by atoms with van der Waals surface area (Å²) in [5, 5.41) is 26.8. The van der Waals surface area contributed by atoms with Gasteiger partial charge in [0.1, 0.15) is 11.3 Å². The number of rotatable bonds is 46. The minimum absolute atomic E-state index is 0.0359. The van der Waals surface area contributed by atoms with Crippen molar-refractivity contribution < 1.29 is 57.1 Å². The molecule has 0 spiro atoms. The molecule has 4 aromatic heterocycles. The van der Waals surface area contributed by atoms with Gasteiger partial charge in [0.25, 0.3) is 17.0 Å². The van der Waals surface area contributed by atoms with Gasteiger partial charge in [0.15, 0.2) is 11.5 Å². The minimum Gasteiger partial charge on any atom is -0.379 e. The zero-order valence-corrected chi connectivity index (χ0v) is 58.6. The van der Waals surface area contributed by atoms with E-state index in [9.17, 15) is 34.0 Å². The van der Waals surface area contributed by atoms with E-state index in [1.807, 2.05) is 100 Å². The third kappa shape index (κ3) is 23.8. The zero-order valence-electron chi connectivity index (χ0n) is 58.6. The molecule has 0 aliphatic carbocycles.